The number of aryl methyl sites for hydroxylation is 1. The third-order valence-corrected chi connectivity index (χ3v) is 2.74. The van der Waals surface area contributed by atoms with Gasteiger partial charge in [0.1, 0.15) is 6.10 Å². The summed E-state index contributed by atoms with van der Waals surface area (Å²) in [4.78, 5) is 10.8. The molecule has 1 aromatic carbocycles. The van der Waals surface area contributed by atoms with Crippen molar-refractivity contribution in [3.05, 3.63) is 35.4 Å². The van der Waals surface area contributed by atoms with E-state index in [0.717, 1.165) is 18.4 Å². The van der Waals surface area contributed by atoms with Crippen LogP contribution < -0.4 is 11.5 Å². The summed E-state index contributed by atoms with van der Waals surface area (Å²) in [6.07, 6.45) is 0.574. The minimum absolute atomic E-state index is 0.160. The van der Waals surface area contributed by atoms with Gasteiger partial charge in [0.25, 0.3) is 0 Å². The fourth-order valence-corrected chi connectivity index (χ4v) is 2.02. The van der Waals surface area contributed by atoms with Crippen molar-refractivity contribution in [2.45, 2.75) is 25.0 Å². The zero-order valence-corrected chi connectivity index (χ0v) is 8.35. The molecule has 1 aliphatic carbocycles. The second-order valence-electron chi connectivity index (χ2n) is 3.76. The molecule has 0 bridgehead atoms. The molecule has 4 nitrogen and oxygen atoms in total. The van der Waals surface area contributed by atoms with Crippen LogP contribution in [0.5, 0.6) is 0 Å². The minimum Gasteiger partial charge on any atom is -0.440 e. The summed E-state index contributed by atoms with van der Waals surface area (Å²) in [5.41, 5.74) is 13.1. The summed E-state index contributed by atoms with van der Waals surface area (Å²) in [6.45, 7) is 0. The van der Waals surface area contributed by atoms with Crippen LogP contribution in [-0.2, 0) is 11.2 Å². The fourth-order valence-electron chi connectivity index (χ4n) is 2.02. The number of hydrogen-bond acceptors (Lipinski definition) is 3. The van der Waals surface area contributed by atoms with Crippen LogP contribution in [0.2, 0.25) is 0 Å². The third-order valence-electron chi connectivity index (χ3n) is 2.74. The predicted octanol–water partition coefficient (Wildman–Crippen LogP) is 1.10. The Labute approximate surface area is 88.2 Å². The summed E-state index contributed by atoms with van der Waals surface area (Å²) >= 11 is 0. The predicted molar refractivity (Wildman–Crippen MR) is 56.1 cm³/mol. The van der Waals surface area contributed by atoms with Gasteiger partial charge in [-0.3, -0.25) is 0 Å². The summed E-state index contributed by atoms with van der Waals surface area (Å²) < 4.78 is 5.04. The number of amides is 1. The highest BCUT2D eigenvalue weighted by atomic mass is 16.6. The largest absolute Gasteiger partial charge is 0.440 e. The van der Waals surface area contributed by atoms with Crippen molar-refractivity contribution in [3.8, 4) is 0 Å². The molecule has 4 N–H and O–H groups in total. The number of nitrogens with two attached hydrogens (primary N) is 2. The monoisotopic (exact) mass is 206 g/mol. The minimum atomic E-state index is -0.771. The standard InChI is InChI=1S/C11H14N2O2/c12-9-6-5-7-3-1-2-4-8(7)10(9)15-11(13)14/h1-4,9-10H,5-6,12H2,(H2,13,14). The zero-order chi connectivity index (χ0) is 10.8. The van der Waals surface area contributed by atoms with Crippen molar-refractivity contribution in [2.24, 2.45) is 11.5 Å². The smallest absolute Gasteiger partial charge is 0.405 e. The molecular weight excluding hydrogens is 192 g/mol. The van der Waals surface area contributed by atoms with E-state index in [1.807, 2.05) is 24.3 Å². The van der Waals surface area contributed by atoms with Gasteiger partial charge in [0.15, 0.2) is 0 Å². The van der Waals surface area contributed by atoms with Gasteiger partial charge in [-0.25, -0.2) is 4.79 Å². The maximum Gasteiger partial charge on any atom is 0.405 e. The molecule has 1 aliphatic rings. The van der Waals surface area contributed by atoms with Crippen molar-refractivity contribution in [2.75, 3.05) is 0 Å². The van der Waals surface area contributed by atoms with Crippen LogP contribution in [0.4, 0.5) is 4.79 Å². The van der Waals surface area contributed by atoms with E-state index in [0.29, 0.717) is 0 Å². The lowest BCUT2D eigenvalue weighted by Crippen LogP contribution is -2.36. The highest BCUT2D eigenvalue weighted by Crippen LogP contribution is 2.31. The van der Waals surface area contributed by atoms with Gasteiger partial charge in [-0.15, -0.1) is 0 Å². The number of benzene rings is 1. The Kier molecular flexibility index (Phi) is 2.60. The molecule has 2 unspecified atom stereocenters. The van der Waals surface area contributed by atoms with E-state index in [-0.39, 0.29) is 6.04 Å². The highest BCUT2D eigenvalue weighted by Gasteiger charge is 2.29. The molecule has 0 heterocycles. The lowest BCUT2D eigenvalue weighted by Gasteiger charge is -2.30. The Balaban J connectivity index is 2.32. The van der Waals surface area contributed by atoms with Crippen molar-refractivity contribution >= 4 is 6.09 Å². The number of primary amides is 1. The van der Waals surface area contributed by atoms with Crippen LogP contribution in [0.25, 0.3) is 0 Å². The van der Waals surface area contributed by atoms with Gasteiger partial charge in [-0.05, 0) is 24.0 Å². The zero-order valence-electron chi connectivity index (χ0n) is 8.35. The molecule has 15 heavy (non-hydrogen) atoms. The van der Waals surface area contributed by atoms with Crippen LogP contribution in [0.1, 0.15) is 23.7 Å². The normalized spacial score (nSPS) is 24.3. The second kappa shape index (κ2) is 3.90. The maximum absolute atomic E-state index is 10.8. The third kappa shape index (κ3) is 1.94. The molecule has 0 fully saturated rings. The quantitative estimate of drug-likeness (QED) is 0.722. The van der Waals surface area contributed by atoms with Crippen LogP contribution in [0.3, 0.4) is 0 Å². The number of hydrogen-bond donors (Lipinski definition) is 2. The lowest BCUT2D eigenvalue weighted by atomic mass is 9.86. The maximum atomic E-state index is 10.8. The van der Waals surface area contributed by atoms with Gasteiger partial charge in [0.2, 0.25) is 0 Å². The number of carbonyl (C=O) groups excluding carboxylic acids is 1. The van der Waals surface area contributed by atoms with Gasteiger partial charge < -0.3 is 16.2 Å². The molecule has 0 aromatic heterocycles. The average Bonchev–Trinajstić information content (AvgIpc) is 2.22. The van der Waals surface area contributed by atoms with Crippen molar-refractivity contribution in [1.29, 1.82) is 0 Å². The van der Waals surface area contributed by atoms with Crippen molar-refractivity contribution < 1.29 is 9.53 Å². The second-order valence-corrected chi connectivity index (χ2v) is 3.76. The molecule has 0 aliphatic heterocycles. The number of ether oxygens (including phenoxy) is 1. The first kappa shape index (κ1) is 9.98. The molecule has 0 saturated heterocycles. The van der Waals surface area contributed by atoms with E-state index < -0.39 is 12.2 Å². The van der Waals surface area contributed by atoms with Gasteiger partial charge >= 0.3 is 6.09 Å². The number of fused-ring (bicyclic) bond motifs is 1. The highest BCUT2D eigenvalue weighted by molar-refractivity contribution is 5.65. The summed E-state index contributed by atoms with van der Waals surface area (Å²) in [5.74, 6) is 0. The molecule has 0 spiro atoms. The van der Waals surface area contributed by atoms with Crippen LogP contribution in [-0.4, -0.2) is 12.1 Å². The summed E-state index contributed by atoms with van der Waals surface area (Å²) in [5, 5.41) is 0. The average molecular weight is 206 g/mol. The molecule has 1 amide bonds. The van der Waals surface area contributed by atoms with E-state index >= 15 is 0 Å². The van der Waals surface area contributed by atoms with E-state index in [9.17, 15) is 4.79 Å². The van der Waals surface area contributed by atoms with Gasteiger partial charge in [-0.2, -0.15) is 0 Å². The lowest BCUT2D eigenvalue weighted by molar-refractivity contribution is 0.0835. The topological polar surface area (TPSA) is 78.3 Å². The van der Waals surface area contributed by atoms with E-state index in [1.165, 1.54) is 5.56 Å². The van der Waals surface area contributed by atoms with E-state index in [1.54, 1.807) is 0 Å². The first-order valence-electron chi connectivity index (χ1n) is 4.98. The van der Waals surface area contributed by atoms with Crippen LogP contribution in [0.15, 0.2) is 24.3 Å². The molecule has 2 atom stereocenters. The molecule has 2 rings (SSSR count). The SMILES string of the molecule is NC(=O)OC1c2ccccc2CCC1N. The molecule has 80 valence electrons. The number of carbonyl (C=O) groups is 1. The van der Waals surface area contributed by atoms with Crippen LogP contribution in [0, 0.1) is 0 Å². The fraction of sp³-hybridized carbons (Fsp3) is 0.364. The molecular formula is C11H14N2O2. The van der Waals surface area contributed by atoms with Gasteiger partial charge in [-0.1, -0.05) is 24.3 Å². The Hall–Kier alpha value is -1.55. The van der Waals surface area contributed by atoms with E-state index in [4.69, 9.17) is 16.2 Å². The van der Waals surface area contributed by atoms with Crippen molar-refractivity contribution in [1.82, 2.24) is 0 Å². The summed E-state index contributed by atoms with van der Waals surface area (Å²) in [7, 11) is 0. The first-order valence-corrected chi connectivity index (χ1v) is 4.98. The Morgan fingerprint density at radius 3 is 2.87 bits per heavy atom. The van der Waals surface area contributed by atoms with E-state index in [2.05, 4.69) is 0 Å². The molecule has 4 heteroatoms. The Morgan fingerprint density at radius 2 is 2.13 bits per heavy atom. The molecule has 1 aromatic rings. The first-order chi connectivity index (χ1) is 7.18. The van der Waals surface area contributed by atoms with Gasteiger partial charge in [0, 0.05) is 6.04 Å². The van der Waals surface area contributed by atoms with Gasteiger partial charge in [0.05, 0.1) is 0 Å². The van der Waals surface area contributed by atoms with Crippen molar-refractivity contribution in [3.63, 3.8) is 0 Å². The van der Waals surface area contributed by atoms with Crippen LogP contribution >= 0.6 is 0 Å². The number of rotatable bonds is 1. The summed E-state index contributed by atoms with van der Waals surface area (Å²) in [6, 6.07) is 7.68. The molecule has 0 radical (unpaired) electrons. The Morgan fingerprint density at radius 1 is 1.40 bits per heavy atom. The Bertz CT molecular complexity index is 379. The molecule has 0 saturated carbocycles.